The van der Waals surface area contributed by atoms with Crippen LogP contribution >= 0.6 is 0 Å². The van der Waals surface area contributed by atoms with Gasteiger partial charge in [-0.3, -0.25) is 4.79 Å². The normalized spacial score (nSPS) is 22.2. The molecule has 1 saturated heterocycles. The molecular weight excluding hydrogens is 216 g/mol. The molecule has 0 spiro atoms. The maximum atomic E-state index is 12.5. The third-order valence-corrected chi connectivity index (χ3v) is 3.97. The van der Waals surface area contributed by atoms with Crippen molar-refractivity contribution in [3.8, 4) is 0 Å². The van der Waals surface area contributed by atoms with Gasteiger partial charge < -0.3 is 15.4 Å². The van der Waals surface area contributed by atoms with Crippen LogP contribution in [0.3, 0.4) is 0 Å². The van der Waals surface area contributed by atoms with Crippen LogP contribution in [0.15, 0.2) is 0 Å². The number of carbonyl (C=O) groups excluding carboxylic acids is 1. The lowest BCUT2D eigenvalue weighted by Crippen LogP contribution is -2.48. The van der Waals surface area contributed by atoms with Crippen LogP contribution in [0, 0.1) is 5.92 Å². The van der Waals surface area contributed by atoms with Crippen LogP contribution in [-0.2, 0) is 9.53 Å². The molecule has 4 heteroatoms. The molecule has 0 aromatic carbocycles. The first kappa shape index (κ1) is 12.8. The second kappa shape index (κ2) is 6.36. The Balaban J connectivity index is 1.90. The molecule has 0 atom stereocenters. The zero-order valence-corrected chi connectivity index (χ0v) is 10.6. The van der Waals surface area contributed by atoms with Crippen LogP contribution in [0.5, 0.6) is 0 Å². The lowest BCUT2D eigenvalue weighted by Gasteiger charge is -2.40. The standard InChI is InChI=1S/C13H24N2O2/c14-7-2-8-15(12-3-1-4-12)13(16)11-5-9-17-10-6-11/h11-12H,1-10,14H2. The Labute approximate surface area is 103 Å². The molecule has 4 nitrogen and oxygen atoms in total. The Morgan fingerprint density at radius 3 is 2.47 bits per heavy atom. The maximum Gasteiger partial charge on any atom is 0.226 e. The molecular formula is C13H24N2O2. The minimum absolute atomic E-state index is 0.196. The van der Waals surface area contributed by atoms with Gasteiger partial charge in [-0.15, -0.1) is 0 Å². The largest absolute Gasteiger partial charge is 0.381 e. The Morgan fingerprint density at radius 1 is 1.24 bits per heavy atom. The molecule has 2 aliphatic rings. The van der Waals surface area contributed by atoms with Gasteiger partial charge in [0.2, 0.25) is 5.91 Å². The Hall–Kier alpha value is -0.610. The molecule has 98 valence electrons. The molecule has 1 aliphatic carbocycles. The molecule has 0 aromatic rings. The average Bonchev–Trinajstić information content (AvgIpc) is 2.32. The summed E-state index contributed by atoms with van der Waals surface area (Å²) in [5.74, 6) is 0.550. The van der Waals surface area contributed by atoms with Crippen LogP contribution in [-0.4, -0.2) is 43.2 Å². The second-order valence-corrected chi connectivity index (χ2v) is 5.15. The number of ether oxygens (including phenoxy) is 1. The zero-order chi connectivity index (χ0) is 12.1. The van der Waals surface area contributed by atoms with Gasteiger partial charge >= 0.3 is 0 Å². The first-order valence-electron chi connectivity index (χ1n) is 6.91. The van der Waals surface area contributed by atoms with Crippen molar-refractivity contribution in [2.24, 2.45) is 11.7 Å². The summed E-state index contributed by atoms with van der Waals surface area (Å²) in [4.78, 5) is 14.6. The molecule has 0 aromatic heterocycles. The molecule has 1 saturated carbocycles. The first-order chi connectivity index (χ1) is 8.33. The summed E-state index contributed by atoms with van der Waals surface area (Å²) in [5, 5.41) is 0. The van der Waals surface area contributed by atoms with E-state index >= 15 is 0 Å². The van der Waals surface area contributed by atoms with Gasteiger partial charge in [-0.25, -0.2) is 0 Å². The second-order valence-electron chi connectivity index (χ2n) is 5.15. The molecule has 0 radical (unpaired) electrons. The van der Waals surface area contributed by atoms with Crippen molar-refractivity contribution in [1.82, 2.24) is 4.90 Å². The summed E-state index contributed by atoms with van der Waals surface area (Å²) in [6.07, 6.45) is 6.34. The molecule has 2 N–H and O–H groups in total. The molecule has 2 fully saturated rings. The monoisotopic (exact) mass is 240 g/mol. The van der Waals surface area contributed by atoms with Gasteiger partial charge in [0.25, 0.3) is 0 Å². The molecule has 1 amide bonds. The van der Waals surface area contributed by atoms with Crippen molar-refractivity contribution in [3.63, 3.8) is 0 Å². The summed E-state index contributed by atoms with van der Waals surface area (Å²) in [6, 6.07) is 0.497. The highest BCUT2D eigenvalue weighted by Gasteiger charge is 2.32. The lowest BCUT2D eigenvalue weighted by molar-refractivity contribution is -0.142. The van der Waals surface area contributed by atoms with E-state index in [1.54, 1.807) is 0 Å². The smallest absolute Gasteiger partial charge is 0.226 e. The van der Waals surface area contributed by atoms with Gasteiger partial charge in [0.05, 0.1) is 0 Å². The lowest BCUT2D eigenvalue weighted by atomic mass is 9.89. The first-order valence-corrected chi connectivity index (χ1v) is 6.91. The van der Waals surface area contributed by atoms with Gasteiger partial charge in [0.1, 0.15) is 0 Å². The van der Waals surface area contributed by atoms with Gasteiger partial charge in [0, 0.05) is 31.7 Å². The number of hydrogen-bond donors (Lipinski definition) is 1. The quantitative estimate of drug-likeness (QED) is 0.784. The third-order valence-electron chi connectivity index (χ3n) is 3.97. The number of carbonyl (C=O) groups is 1. The number of nitrogens with zero attached hydrogens (tertiary/aromatic N) is 1. The molecule has 17 heavy (non-hydrogen) atoms. The van der Waals surface area contributed by atoms with Crippen molar-refractivity contribution in [2.45, 2.75) is 44.6 Å². The Bertz CT molecular complexity index is 248. The number of amides is 1. The van der Waals surface area contributed by atoms with E-state index in [4.69, 9.17) is 10.5 Å². The van der Waals surface area contributed by atoms with Crippen molar-refractivity contribution in [1.29, 1.82) is 0 Å². The minimum Gasteiger partial charge on any atom is -0.381 e. The summed E-state index contributed by atoms with van der Waals surface area (Å²) in [7, 11) is 0. The average molecular weight is 240 g/mol. The Morgan fingerprint density at radius 2 is 1.94 bits per heavy atom. The predicted octanol–water partition coefficient (Wildman–Crippen LogP) is 1.14. The fourth-order valence-corrected chi connectivity index (χ4v) is 2.61. The van der Waals surface area contributed by atoms with E-state index in [1.165, 1.54) is 19.3 Å². The van der Waals surface area contributed by atoms with E-state index in [2.05, 4.69) is 4.90 Å². The number of hydrogen-bond acceptors (Lipinski definition) is 3. The number of rotatable bonds is 5. The molecule has 0 bridgehead atoms. The van der Waals surface area contributed by atoms with Crippen LogP contribution in [0.2, 0.25) is 0 Å². The van der Waals surface area contributed by atoms with Gasteiger partial charge in [-0.1, -0.05) is 0 Å². The van der Waals surface area contributed by atoms with Crippen LogP contribution in [0.4, 0.5) is 0 Å². The van der Waals surface area contributed by atoms with Crippen molar-refractivity contribution < 1.29 is 9.53 Å². The maximum absolute atomic E-state index is 12.5. The van der Waals surface area contributed by atoms with Crippen molar-refractivity contribution >= 4 is 5.91 Å². The fraction of sp³-hybridized carbons (Fsp3) is 0.923. The van der Waals surface area contributed by atoms with E-state index < -0.39 is 0 Å². The number of nitrogens with two attached hydrogens (primary N) is 1. The molecule has 2 rings (SSSR count). The van der Waals surface area contributed by atoms with Gasteiger partial charge in [0.15, 0.2) is 0 Å². The predicted molar refractivity (Wildman–Crippen MR) is 66.6 cm³/mol. The fourth-order valence-electron chi connectivity index (χ4n) is 2.61. The highest BCUT2D eigenvalue weighted by molar-refractivity contribution is 5.79. The molecule has 1 aliphatic heterocycles. The summed E-state index contributed by atoms with van der Waals surface area (Å²) >= 11 is 0. The minimum atomic E-state index is 0.196. The highest BCUT2D eigenvalue weighted by Crippen LogP contribution is 2.28. The zero-order valence-electron chi connectivity index (χ0n) is 10.6. The van der Waals surface area contributed by atoms with E-state index in [0.717, 1.165) is 39.0 Å². The Kier molecular flexibility index (Phi) is 4.80. The summed E-state index contributed by atoms with van der Waals surface area (Å²) in [6.45, 7) is 3.00. The highest BCUT2D eigenvalue weighted by atomic mass is 16.5. The van der Waals surface area contributed by atoms with E-state index in [1.807, 2.05) is 0 Å². The topological polar surface area (TPSA) is 55.6 Å². The van der Waals surface area contributed by atoms with Crippen molar-refractivity contribution in [3.05, 3.63) is 0 Å². The van der Waals surface area contributed by atoms with Crippen molar-refractivity contribution in [2.75, 3.05) is 26.3 Å². The third kappa shape index (κ3) is 3.19. The van der Waals surface area contributed by atoms with Crippen LogP contribution in [0.25, 0.3) is 0 Å². The van der Waals surface area contributed by atoms with E-state index in [0.29, 0.717) is 18.5 Å². The van der Waals surface area contributed by atoms with Gasteiger partial charge in [-0.2, -0.15) is 0 Å². The molecule has 1 heterocycles. The van der Waals surface area contributed by atoms with E-state index in [9.17, 15) is 4.79 Å². The van der Waals surface area contributed by atoms with Crippen LogP contribution < -0.4 is 5.73 Å². The summed E-state index contributed by atoms with van der Waals surface area (Å²) in [5.41, 5.74) is 5.56. The van der Waals surface area contributed by atoms with E-state index in [-0.39, 0.29) is 5.92 Å². The summed E-state index contributed by atoms with van der Waals surface area (Å²) < 4.78 is 5.32. The van der Waals surface area contributed by atoms with Gasteiger partial charge in [-0.05, 0) is 45.1 Å². The van der Waals surface area contributed by atoms with Crippen LogP contribution in [0.1, 0.15) is 38.5 Å². The SMILES string of the molecule is NCCCN(C(=O)C1CCOCC1)C1CCC1. The molecule has 0 unspecified atom stereocenters.